The van der Waals surface area contributed by atoms with Gasteiger partial charge in [0.05, 0.1) is 18.1 Å². The lowest BCUT2D eigenvalue weighted by Crippen LogP contribution is -2.40. The summed E-state index contributed by atoms with van der Waals surface area (Å²) in [7, 11) is -3.51. The molecule has 150 valence electrons. The number of amides is 1. The molecule has 2 aromatic rings. The number of nitrogens with zero attached hydrogens (tertiary/aromatic N) is 1. The monoisotopic (exact) mass is 406 g/mol. The van der Waals surface area contributed by atoms with E-state index in [0.717, 1.165) is 11.1 Å². The molecular formula is C20H23FN2O4S. The van der Waals surface area contributed by atoms with E-state index in [1.54, 1.807) is 36.4 Å². The van der Waals surface area contributed by atoms with Crippen LogP contribution in [0.15, 0.2) is 53.4 Å². The van der Waals surface area contributed by atoms with Gasteiger partial charge < -0.3 is 10.1 Å². The van der Waals surface area contributed by atoms with Crippen LogP contribution in [0.4, 0.5) is 4.39 Å². The number of hydrogen-bond donors (Lipinski definition) is 1. The molecule has 1 aliphatic rings. The van der Waals surface area contributed by atoms with Crippen molar-refractivity contribution in [1.29, 1.82) is 0 Å². The van der Waals surface area contributed by atoms with E-state index in [0.29, 0.717) is 45.7 Å². The van der Waals surface area contributed by atoms with E-state index in [4.69, 9.17) is 4.74 Å². The number of benzene rings is 2. The zero-order valence-corrected chi connectivity index (χ0v) is 16.3. The summed E-state index contributed by atoms with van der Waals surface area (Å²) in [5.74, 6) is -0.415. The van der Waals surface area contributed by atoms with Crippen LogP contribution in [0, 0.1) is 5.82 Å². The molecule has 0 unspecified atom stereocenters. The number of ether oxygens (including phenoxy) is 1. The molecule has 1 aliphatic heterocycles. The number of hydrogen-bond acceptors (Lipinski definition) is 4. The zero-order valence-electron chi connectivity index (χ0n) is 15.4. The van der Waals surface area contributed by atoms with E-state index < -0.39 is 10.0 Å². The molecule has 28 heavy (non-hydrogen) atoms. The summed E-state index contributed by atoms with van der Waals surface area (Å²) < 4.78 is 44.7. The van der Waals surface area contributed by atoms with E-state index >= 15 is 0 Å². The summed E-state index contributed by atoms with van der Waals surface area (Å²) in [6, 6.07) is 12.6. The first-order chi connectivity index (χ1) is 13.4. The van der Waals surface area contributed by atoms with Crippen LogP contribution in [0.2, 0.25) is 0 Å². The average Bonchev–Trinajstić information content (AvgIpc) is 2.73. The third kappa shape index (κ3) is 5.37. The van der Waals surface area contributed by atoms with Gasteiger partial charge in [-0.1, -0.05) is 24.3 Å². The molecule has 0 aliphatic carbocycles. The molecule has 0 spiro atoms. The minimum Gasteiger partial charge on any atom is -0.379 e. The maximum absolute atomic E-state index is 12.9. The first-order valence-corrected chi connectivity index (χ1v) is 10.6. The fraction of sp³-hybridized carbons (Fsp3) is 0.350. The van der Waals surface area contributed by atoms with Crippen molar-refractivity contribution in [2.24, 2.45) is 0 Å². The summed E-state index contributed by atoms with van der Waals surface area (Å²) in [5, 5.41) is 2.81. The van der Waals surface area contributed by atoms with Crippen molar-refractivity contribution >= 4 is 15.9 Å². The van der Waals surface area contributed by atoms with E-state index in [1.165, 1.54) is 16.4 Å². The van der Waals surface area contributed by atoms with Crippen LogP contribution < -0.4 is 5.32 Å². The van der Waals surface area contributed by atoms with Crippen molar-refractivity contribution in [3.05, 3.63) is 65.5 Å². The fourth-order valence-corrected chi connectivity index (χ4v) is 4.32. The molecule has 0 radical (unpaired) electrons. The van der Waals surface area contributed by atoms with Gasteiger partial charge in [-0.3, -0.25) is 4.79 Å². The van der Waals surface area contributed by atoms with Crippen molar-refractivity contribution in [1.82, 2.24) is 9.62 Å². The van der Waals surface area contributed by atoms with Crippen LogP contribution in [0.3, 0.4) is 0 Å². The zero-order chi connectivity index (χ0) is 20.0. The number of nitrogens with one attached hydrogen (secondary N) is 1. The Kier molecular flexibility index (Phi) is 6.77. The smallest absolute Gasteiger partial charge is 0.243 e. The third-order valence-corrected chi connectivity index (χ3v) is 6.49. The highest BCUT2D eigenvalue weighted by Crippen LogP contribution is 2.17. The maximum Gasteiger partial charge on any atom is 0.243 e. The van der Waals surface area contributed by atoms with Crippen molar-refractivity contribution in [2.75, 3.05) is 26.3 Å². The molecular weight excluding hydrogens is 383 g/mol. The van der Waals surface area contributed by atoms with E-state index in [2.05, 4.69) is 5.32 Å². The SMILES string of the molecule is O=C(CCc1ccc(F)cc1)NCc1ccc(S(=O)(=O)N2CCOCC2)cc1. The molecule has 1 N–H and O–H groups in total. The number of carbonyl (C=O) groups excluding carboxylic acids is 1. The van der Waals surface area contributed by atoms with Crippen LogP contribution in [0.25, 0.3) is 0 Å². The van der Waals surface area contributed by atoms with Crippen molar-refractivity contribution in [2.45, 2.75) is 24.3 Å². The Balaban J connectivity index is 1.49. The Morgan fingerprint density at radius 1 is 1.00 bits per heavy atom. The predicted molar refractivity (Wildman–Crippen MR) is 103 cm³/mol. The molecule has 0 atom stereocenters. The lowest BCUT2D eigenvalue weighted by molar-refractivity contribution is -0.121. The Bertz CT molecular complexity index is 893. The largest absolute Gasteiger partial charge is 0.379 e. The third-order valence-electron chi connectivity index (χ3n) is 4.57. The van der Waals surface area contributed by atoms with E-state index in [-0.39, 0.29) is 16.6 Å². The van der Waals surface area contributed by atoms with E-state index in [9.17, 15) is 17.6 Å². The quantitative estimate of drug-likeness (QED) is 0.764. The highest BCUT2D eigenvalue weighted by molar-refractivity contribution is 7.89. The Morgan fingerprint density at radius 2 is 1.61 bits per heavy atom. The molecule has 1 saturated heterocycles. The molecule has 0 bridgehead atoms. The normalized spacial score (nSPS) is 15.3. The number of halogens is 1. The molecule has 0 aromatic heterocycles. The van der Waals surface area contributed by atoms with Gasteiger partial charge >= 0.3 is 0 Å². The predicted octanol–water partition coefficient (Wildman–Crippen LogP) is 2.10. The summed E-state index contributed by atoms with van der Waals surface area (Å²) in [5.41, 5.74) is 1.71. The fourth-order valence-electron chi connectivity index (χ4n) is 2.91. The topological polar surface area (TPSA) is 75.7 Å². The molecule has 1 amide bonds. The Hall–Kier alpha value is -2.29. The Morgan fingerprint density at radius 3 is 2.25 bits per heavy atom. The number of rotatable bonds is 7. The van der Waals surface area contributed by atoms with Gasteiger partial charge in [0.2, 0.25) is 15.9 Å². The second-order valence-corrected chi connectivity index (χ2v) is 8.50. The minimum atomic E-state index is -3.51. The van der Waals surface area contributed by atoms with Gasteiger partial charge in [-0.25, -0.2) is 12.8 Å². The van der Waals surface area contributed by atoms with Crippen LogP contribution in [0.5, 0.6) is 0 Å². The van der Waals surface area contributed by atoms with Gasteiger partial charge in [-0.2, -0.15) is 4.31 Å². The molecule has 1 fully saturated rings. The average molecular weight is 406 g/mol. The first-order valence-electron chi connectivity index (χ1n) is 9.13. The standard InChI is InChI=1S/C20H23FN2O4S/c21-18-6-1-16(2-7-18)5-10-20(24)22-15-17-3-8-19(9-4-17)28(25,26)23-11-13-27-14-12-23/h1-4,6-9H,5,10-15H2,(H,22,24). The number of morpholine rings is 1. The van der Waals surface area contributed by atoms with Crippen LogP contribution in [-0.2, 0) is 32.5 Å². The van der Waals surface area contributed by atoms with Gasteiger partial charge in [0.25, 0.3) is 0 Å². The number of carbonyl (C=O) groups is 1. The molecule has 8 heteroatoms. The van der Waals surface area contributed by atoms with Crippen LogP contribution >= 0.6 is 0 Å². The second-order valence-electron chi connectivity index (χ2n) is 6.56. The molecule has 0 saturated carbocycles. The Labute approximate surface area is 164 Å². The summed E-state index contributed by atoms with van der Waals surface area (Å²) in [4.78, 5) is 12.2. The van der Waals surface area contributed by atoms with Gasteiger partial charge in [0, 0.05) is 26.1 Å². The molecule has 1 heterocycles. The van der Waals surface area contributed by atoms with Crippen LogP contribution in [0.1, 0.15) is 17.5 Å². The number of aryl methyl sites for hydroxylation is 1. The lowest BCUT2D eigenvalue weighted by atomic mass is 10.1. The van der Waals surface area contributed by atoms with Crippen LogP contribution in [-0.4, -0.2) is 44.9 Å². The van der Waals surface area contributed by atoms with Crippen molar-refractivity contribution in [3.63, 3.8) is 0 Å². The second kappa shape index (κ2) is 9.27. The lowest BCUT2D eigenvalue weighted by Gasteiger charge is -2.26. The van der Waals surface area contributed by atoms with Crippen molar-refractivity contribution < 1.29 is 22.3 Å². The van der Waals surface area contributed by atoms with Gasteiger partial charge in [0.15, 0.2) is 0 Å². The summed E-state index contributed by atoms with van der Waals surface area (Å²) >= 11 is 0. The summed E-state index contributed by atoms with van der Waals surface area (Å²) in [6.07, 6.45) is 0.831. The highest BCUT2D eigenvalue weighted by atomic mass is 32.2. The summed E-state index contributed by atoms with van der Waals surface area (Å²) in [6.45, 7) is 1.84. The molecule has 3 rings (SSSR count). The maximum atomic E-state index is 12.9. The van der Waals surface area contributed by atoms with Gasteiger partial charge in [-0.05, 0) is 41.8 Å². The molecule has 2 aromatic carbocycles. The first kappa shape index (κ1) is 20.4. The van der Waals surface area contributed by atoms with Gasteiger partial charge in [-0.15, -0.1) is 0 Å². The van der Waals surface area contributed by atoms with Crippen molar-refractivity contribution in [3.8, 4) is 0 Å². The van der Waals surface area contributed by atoms with E-state index in [1.807, 2.05) is 0 Å². The highest BCUT2D eigenvalue weighted by Gasteiger charge is 2.26. The minimum absolute atomic E-state index is 0.116. The molecule has 6 nitrogen and oxygen atoms in total. The van der Waals surface area contributed by atoms with Gasteiger partial charge in [0.1, 0.15) is 5.82 Å². The number of sulfonamides is 1.